The van der Waals surface area contributed by atoms with Crippen LogP contribution in [0.1, 0.15) is 6.92 Å². The van der Waals surface area contributed by atoms with E-state index in [1.807, 2.05) is 31.2 Å². The predicted molar refractivity (Wildman–Crippen MR) is 114 cm³/mol. The summed E-state index contributed by atoms with van der Waals surface area (Å²) in [5, 5.41) is 5.25. The van der Waals surface area contributed by atoms with E-state index in [0.29, 0.717) is 12.3 Å². The highest BCUT2D eigenvalue weighted by molar-refractivity contribution is 5.94. The summed E-state index contributed by atoms with van der Waals surface area (Å²) in [5.41, 5.74) is 1.56. The van der Waals surface area contributed by atoms with Gasteiger partial charge in [0.1, 0.15) is 11.6 Å². The van der Waals surface area contributed by atoms with Gasteiger partial charge in [-0.1, -0.05) is 12.1 Å². The van der Waals surface area contributed by atoms with Crippen LogP contribution in [0.5, 0.6) is 5.75 Å². The third-order valence-electron chi connectivity index (χ3n) is 4.82. The number of hydrogen-bond donors (Lipinski definition) is 2. The molecule has 2 aromatic rings. The number of amides is 2. The molecule has 8 heteroatoms. The van der Waals surface area contributed by atoms with Gasteiger partial charge in [0, 0.05) is 31.9 Å². The van der Waals surface area contributed by atoms with Crippen LogP contribution in [0.3, 0.4) is 0 Å². The van der Waals surface area contributed by atoms with Crippen molar-refractivity contribution in [1.29, 1.82) is 0 Å². The molecular formula is C22H27FN4O3. The zero-order valence-corrected chi connectivity index (χ0v) is 17.1. The number of nitrogens with one attached hydrogen (secondary N) is 2. The molecule has 160 valence electrons. The molecule has 1 aliphatic heterocycles. The number of carbonyl (C=O) groups is 2. The van der Waals surface area contributed by atoms with Crippen molar-refractivity contribution in [3.8, 4) is 5.75 Å². The minimum atomic E-state index is -0.372. The molecule has 0 unspecified atom stereocenters. The zero-order valence-electron chi connectivity index (χ0n) is 17.1. The fourth-order valence-corrected chi connectivity index (χ4v) is 3.32. The number of halogens is 1. The lowest BCUT2D eigenvalue weighted by Gasteiger charge is -2.36. The van der Waals surface area contributed by atoms with Gasteiger partial charge < -0.3 is 20.3 Å². The Morgan fingerprint density at radius 2 is 1.70 bits per heavy atom. The quantitative estimate of drug-likeness (QED) is 0.692. The van der Waals surface area contributed by atoms with Crippen molar-refractivity contribution >= 4 is 23.2 Å². The lowest BCUT2D eigenvalue weighted by molar-refractivity contribution is -0.125. The SMILES string of the molecule is CCOc1ccccc1N1CCN(CC(=O)NCC(=O)Nc2ccc(F)cc2)CC1. The van der Waals surface area contributed by atoms with E-state index in [4.69, 9.17) is 4.74 Å². The molecular weight excluding hydrogens is 387 g/mol. The third kappa shape index (κ3) is 6.18. The molecule has 7 nitrogen and oxygen atoms in total. The number of benzene rings is 2. The van der Waals surface area contributed by atoms with Gasteiger partial charge in [-0.15, -0.1) is 0 Å². The molecule has 1 saturated heterocycles. The topological polar surface area (TPSA) is 73.9 Å². The third-order valence-corrected chi connectivity index (χ3v) is 4.82. The highest BCUT2D eigenvalue weighted by atomic mass is 19.1. The van der Waals surface area contributed by atoms with Gasteiger partial charge in [0.25, 0.3) is 0 Å². The fraction of sp³-hybridized carbons (Fsp3) is 0.364. The van der Waals surface area contributed by atoms with Crippen LogP contribution in [0.25, 0.3) is 0 Å². The van der Waals surface area contributed by atoms with Crippen LogP contribution in [0.4, 0.5) is 15.8 Å². The van der Waals surface area contributed by atoms with Gasteiger partial charge in [-0.25, -0.2) is 4.39 Å². The van der Waals surface area contributed by atoms with Gasteiger partial charge in [-0.05, 0) is 43.3 Å². The Hall–Kier alpha value is -3.13. The molecule has 0 aliphatic carbocycles. The highest BCUT2D eigenvalue weighted by Gasteiger charge is 2.21. The van der Waals surface area contributed by atoms with Gasteiger partial charge in [0.15, 0.2) is 0 Å². The first-order chi connectivity index (χ1) is 14.5. The molecule has 2 N–H and O–H groups in total. The zero-order chi connectivity index (χ0) is 21.3. The molecule has 0 aromatic heterocycles. The summed E-state index contributed by atoms with van der Waals surface area (Å²) < 4.78 is 18.6. The minimum absolute atomic E-state index is 0.127. The lowest BCUT2D eigenvalue weighted by Crippen LogP contribution is -2.50. The van der Waals surface area contributed by atoms with E-state index in [-0.39, 0.29) is 30.7 Å². The molecule has 0 spiro atoms. The van der Waals surface area contributed by atoms with Crippen LogP contribution in [0.15, 0.2) is 48.5 Å². The Balaban J connectivity index is 1.40. The van der Waals surface area contributed by atoms with Crippen molar-refractivity contribution in [2.75, 3.05) is 56.1 Å². The molecule has 0 radical (unpaired) electrons. The highest BCUT2D eigenvalue weighted by Crippen LogP contribution is 2.28. The van der Waals surface area contributed by atoms with Gasteiger partial charge in [-0.3, -0.25) is 14.5 Å². The number of hydrogen-bond acceptors (Lipinski definition) is 5. The average molecular weight is 414 g/mol. The van der Waals surface area contributed by atoms with Crippen molar-refractivity contribution in [2.45, 2.75) is 6.92 Å². The number of nitrogens with zero attached hydrogens (tertiary/aromatic N) is 2. The Bertz CT molecular complexity index is 852. The maximum absolute atomic E-state index is 12.9. The van der Waals surface area contributed by atoms with Crippen molar-refractivity contribution in [2.24, 2.45) is 0 Å². The van der Waals surface area contributed by atoms with E-state index in [9.17, 15) is 14.0 Å². The summed E-state index contributed by atoms with van der Waals surface area (Å²) in [6.45, 7) is 5.78. The summed E-state index contributed by atoms with van der Waals surface area (Å²) >= 11 is 0. The monoisotopic (exact) mass is 414 g/mol. The van der Waals surface area contributed by atoms with Crippen LogP contribution in [-0.2, 0) is 9.59 Å². The number of anilines is 2. The molecule has 0 saturated carbocycles. The Kier molecular flexibility index (Phi) is 7.62. The first-order valence-corrected chi connectivity index (χ1v) is 10.1. The standard InChI is InChI=1S/C22H27FN4O3/c1-2-30-20-6-4-3-5-19(20)27-13-11-26(12-14-27)16-22(29)24-15-21(28)25-18-9-7-17(23)8-10-18/h3-10H,2,11-16H2,1H3,(H,24,29)(H,25,28). The van der Waals surface area contributed by atoms with E-state index >= 15 is 0 Å². The minimum Gasteiger partial charge on any atom is -0.492 e. The van der Waals surface area contributed by atoms with E-state index in [1.165, 1.54) is 24.3 Å². The molecule has 0 bridgehead atoms. The molecule has 30 heavy (non-hydrogen) atoms. The Morgan fingerprint density at radius 1 is 1.00 bits per heavy atom. The molecule has 1 aliphatic rings. The second-order valence-electron chi connectivity index (χ2n) is 7.00. The molecule has 1 fully saturated rings. The van der Waals surface area contributed by atoms with E-state index < -0.39 is 0 Å². The maximum atomic E-state index is 12.9. The summed E-state index contributed by atoms with van der Waals surface area (Å²) in [4.78, 5) is 28.4. The smallest absolute Gasteiger partial charge is 0.243 e. The van der Waals surface area contributed by atoms with Crippen LogP contribution >= 0.6 is 0 Å². The van der Waals surface area contributed by atoms with Crippen LogP contribution < -0.4 is 20.3 Å². The summed E-state index contributed by atoms with van der Waals surface area (Å²) in [6.07, 6.45) is 0. The number of ether oxygens (including phenoxy) is 1. The molecule has 3 rings (SSSR count). The fourth-order valence-electron chi connectivity index (χ4n) is 3.32. The maximum Gasteiger partial charge on any atom is 0.243 e. The van der Waals surface area contributed by atoms with Crippen LogP contribution in [0, 0.1) is 5.82 Å². The summed E-state index contributed by atoms with van der Waals surface area (Å²) in [6, 6.07) is 13.4. The van der Waals surface area contributed by atoms with Crippen molar-refractivity contribution in [3.05, 3.63) is 54.3 Å². The number of carbonyl (C=O) groups excluding carboxylic acids is 2. The molecule has 0 atom stereocenters. The average Bonchev–Trinajstić information content (AvgIpc) is 2.75. The second-order valence-corrected chi connectivity index (χ2v) is 7.00. The van der Waals surface area contributed by atoms with Gasteiger partial charge >= 0.3 is 0 Å². The number of rotatable bonds is 8. The number of para-hydroxylation sites is 2. The van der Waals surface area contributed by atoms with E-state index in [1.54, 1.807) is 0 Å². The van der Waals surface area contributed by atoms with Crippen molar-refractivity contribution in [1.82, 2.24) is 10.2 Å². The first kappa shape index (κ1) is 21.6. The molecule has 1 heterocycles. The van der Waals surface area contributed by atoms with E-state index in [0.717, 1.165) is 37.6 Å². The summed E-state index contributed by atoms with van der Waals surface area (Å²) in [7, 11) is 0. The number of piperazine rings is 1. The van der Waals surface area contributed by atoms with Gasteiger partial charge in [0.2, 0.25) is 11.8 Å². The Morgan fingerprint density at radius 3 is 2.40 bits per heavy atom. The van der Waals surface area contributed by atoms with Crippen molar-refractivity contribution in [3.63, 3.8) is 0 Å². The predicted octanol–water partition coefficient (Wildman–Crippen LogP) is 2.10. The Labute approximate surface area is 175 Å². The molecule has 2 amide bonds. The van der Waals surface area contributed by atoms with Crippen LogP contribution in [-0.4, -0.2) is 62.6 Å². The first-order valence-electron chi connectivity index (χ1n) is 10.1. The molecule has 2 aromatic carbocycles. The normalized spacial score (nSPS) is 14.3. The van der Waals surface area contributed by atoms with E-state index in [2.05, 4.69) is 20.4 Å². The van der Waals surface area contributed by atoms with Crippen molar-refractivity contribution < 1.29 is 18.7 Å². The van der Waals surface area contributed by atoms with Gasteiger partial charge in [0.05, 0.1) is 25.4 Å². The largest absolute Gasteiger partial charge is 0.492 e. The van der Waals surface area contributed by atoms with Gasteiger partial charge in [-0.2, -0.15) is 0 Å². The van der Waals surface area contributed by atoms with Crippen LogP contribution in [0.2, 0.25) is 0 Å². The lowest BCUT2D eigenvalue weighted by atomic mass is 10.2. The second kappa shape index (κ2) is 10.6. The summed E-state index contributed by atoms with van der Waals surface area (Å²) in [5.74, 6) is -0.0548.